The molecule has 1 heterocycles. The maximum atomic E-state index is 13.5. The van der Waals surface area contributed by atoms with Crippen LogP contribution < -0.4 is 19.7 Å². The van der Waals surface area contributed by atoms with E-state index in [9.17, 15) is 13.2 Å². The summed E-state index contributed by atoms with van der Waals surface area (Å²) < 4.78 is 33.4. The van der Waals surface area contributed by atoms with Gasteiger partial charge >= 0.3 is 0 Å². The van der Waals surface area contributed by atoms with Gasteiger partial charge in [0, 0.05) is 25.0 Å². The molecule has 0 aromatic heterocycles. The number of hydrogen-bond acceptors (Lipinski definition) is 5. The lowest BCUT2D eigenvalue weighted by Crippen LogP contribution is -2.56. The molecular formula is C26H27Cl2N3O4S. The maximum absolute atomic E-state index is 13.5. The topological polar surface area (TPSA) is 87.7 Å². The van der Waals surface area contributed by atoms with Gasteiger partial charge in [0.05, 0.1) is 27.7 Å². The molecule has 1 saturated heterocycles. The number of carbonyl (C=O) groups excluding carboxylic acids is 1. The van der Waals surface area contributed by atoms with Gasteiger partial charge in [-0.3, -0.25) is 9.10 Å². The highest BCUT2D eigenvalue weighted by molar-refractivity contribution is 7.92. The lowest BCUT2D eigenvalue weighted by atomic mass is 9.89. The molecular weight excluding hydrogens is 521 g/mol. The Hall–Kier alpha value is -2.78. The van der Waals surface area contributed by atoms with Crippen molar-refractivity contribution in [1.82, 2.24) is 10.6 Å². The summed E-state index contributed by atoms with van der Waals surface area (Å²) in [6, 6.07) is 19.8. The number of nitrogens with one attached hydrogen (secondary N) is 2. The Balaban J connectivity index is 1.58. The van der Waals surface area contributed by atoms with E-state index in [-0.39, 0.29) is 23.4 Å². The van der Waals surface area contributed by atoms with E-state index < -0.39 is 15.9 Å². The number of halogens is 2. The molecule has 10 heteroatoms. The smallest absolute Gasteiger partial charge is 0.264 e. The fraction of sp³-hybridized carbons (Fsp3) is 0.269. The normalized spacial score (nSPS) is 14.5. The molecule has 0 radical (unpaired) electrons. The molecule has 2 N–H and O–H groups in total. The number of benzene rings is 3. The van der Waals surface area contributed by atoms with Crippen LogP contribution in [0.15, 0.2) is 77.7 Å². The molecule has 3 aromatic carbocycles. The zero-order valence-corrected chi connectivity index (χ0v) is 22.0. The van der Waals surface area contributed by atoms with Crippen LogP contribution in [0.1, 0.15) is 5.56 Å². The summed E-state index contributed by atoms with van der Waals surface area (Å²) in [7, 11) is -2.47. The summed E-state index contributed by atoms with van der Waals surface area (Å²) in [6.07, 6.45) is 0.545. The first-order chi connectivity index (χ1) is 17.3. The van der Waals surface area contributed by atoms with Crippen LogP contribution in [0.3, 0.4) is 0 Å². The highest BCUT2D eigenvalue weighted by Crippen LogP contribution is 2.27. The van der Waals surface area contributed by atoms with Crippen molar-refractivity contribution >= 4 is 44.8 Å². The largest absolute Gasteiger partial charge is 0.497 e. The van der Waals surface area contributed by atoms with Crippen LogP contribution in [0, 0.1) is 5.92 Å². The predicted octanol–water partition coefficient (Wildman–Crippen LogP) is 4.14. The maximum Gasteiger partial charge on any atom is 0.264 e. The van der Waals surface area contributed by atoms with Crippen molar-refractivity contribution in [3.8, 4) is 5.75 Å². The number of methoxy groups -OCH3 is 1. The Morgan fingerprint density at radius 2 is 1.75 bits per heavy atom. The number of sulfonamides is 1. The van der Waals surface area contributed by atoms with Gasteiger partial charge in [-0.2, -0.15) is 0 Å². The number of ether oxygens (including phenoxy) is 1. The minimum Gasteiger partial charge on any atom is -0.497 e. The van der Waals surface area contributed by atoms with Crippen LogP contribution in [0.25, 0.3) is 0 Å². The van der Waals surface area contributed by atoms with Crippen LogP contribution in [0.5, 0.6) is 5.75 Å². The van der Waals surface area contributed by atoms with E-state index in [0.29, 0.717) is 27.9 Å². The third-order valence-corrected chi connectivity index (χ3v) is 8.67. The van der Waals surface area contributed by atoms with Crippen molar-refractivity contribution < 1.29 is 17.9 Å². The van der Waals surface area contributed by atoms with Gasteiger partial charge in [-0.05, 0) is 60.5 Å². The van der Waals surface area contributed by atoms with Crippen LogP contribution in [0.4, 0.5) is 5.69 Å². The molecule has 1 aliphatic heterocycles. The van der Waals surface area contributed by atoms with Gasteiger partial charge in [0.2, 0.25) is 5.91 Å². The molecule has 1 unspecified atom stereocenters. The summed E-state index contributed by atoms with van der Waals surface area (Å²) in [5.41, 5.74) is 1.30. The van der Waals surface area contributed by atoms with Crippen molar-refractivity contribution in [2.45, 2.75) is 17.4 Å². The molecule has 1 amide bonds. The van der Waals surface area contributed by atoms with Crippen LogP contribution in [-0.4, -0.2) is 47.1 Å². The fourth-order valence-electron chi connectivity index (χ4n) is 4.02. The number of rotatable bonds is 10. The highest BCUT2D eigenvalue weighted by atomic mass is 35.5. The summed E-state index contributed by atoms with van der Waals surface area (Å²) in [4.78, 5) is 13.4. The second-order valence-corrected chi connectivity index (χ2v) is 11.2. The summed E-state index contributed by atoms with van der Waals surface area (Å²) in [5.74, 6) is 0.394. The average molecular weight is 548 g/mol. The van der Waals surface area contributed by atoms with E-state index in [0.717, 1.165) is 23.0 Å². The Morgan fingerprint density at radius 1 is 1.06 bits per heavy atom. The van der Waals surface area contributed by atoms with Gasteiger partial charge in [-0.25, -0.2) is 8.42 Å². The first-order valence-corrected chi connectivity index (χ1v) is 13.6. The second kappa shape index (κ2) is 11.5. The van der Waals surface area contributed by atoms with E-state index in [2.05, 4.69) is 10.6 Å². The minimum absolute atomic E-state index is 0.101. The predicted molar refractivity (Wildman–Crippen MR) is 142 cm³/mol. The summed E-state index contributed by atoms with van der Waals surface area (Å²) >= 11 is 12.2. The Morgan fingerprint density at radius 3 is 2.33 bits per heavy atom. The minimum atomic E-state index is -4.00. The quantitative estimate of drug-likeness (QED) is 0.398. The summed E-state index contributed by atoms with van der Waals surface area (Å²) in [5, 5.41) is 7.20. The number of hydrogen-bond donors (Lipinski definition) is 2. The van der Waals surface area contributed by atoms with Gasteiger partial charge in [-0.15, -0.1) is 0 Å². The number of nitrogens with zero attached hydrogens (tertiary/aromatic N) is 1. The van der Waals surface area contributed by atoms with Crippen LogP contribution in [-0.2, 0) is 21.2 Å². The standard InChI is InChI=1S/C26H27Cl2N3O4S/c1-35-21-10-8-20(9-11-21)31(36(33,34)22-5-3-2-4-6-22)17-26(32)30-25(19-15-29-16-19)14-18-7-12-23(27)24(28)13-18/h2-13,19,25,29H,14-17H2,1H3,(H,30,32). The van der Waals surface area contributed by atoms with Crippen molar-refractivity contribution in [2.24, 2.45) is 5.92 Å². The zero-order valence-electron chi connectivity index (χ0n) is 19.7. The van der Waals surface area contributed by atoms with Gasteiger partial charge in [0.1, 0.15) is 12.3 Å². The zero-order chi connectivity index (χ0) is 25.7. The van der Waals surface area contributed by atoms with Crippen LogP contribution >= 0.6 is 23.2 Å². The van der Waals surface area contributed by atoms with Crippen molar-refractivity contribution in [2.75, 3.05) is 31.0 Å². The molecule has 1 aliphatic rings. The van der Waals surface area contributed by atoms with E-state index >= 15 is 0 Å². The average Bonchev–Trinajstić information content (AvgIpc) is 2.84. The van der Waals surface area contributed by atoms with Gasteiger partial charge < -0.3 is 15.4 Å². The monoisotopic (exact) mass is 547 g/mol. The fourth-order valence-corrected chi connectivity index (χ4v) is 5.78. The highest BCUT2D eigenvalue weighted by Gasteiger charge is 2.31. The molecule has 0 spiro atoms. The molecule has 7 nitrogen and oxygen atoms in total. The van der Waals surface area contributed by atoms with Crippen LogP contribution in [0.2, 0.25) is 10.0 Å². The second-order valence-electron chi connectivity index (χ2n) is 8.57. The first-order valence-electron chi connectivity index (χ1n) is 11.4. The number of anilines is 1. The Bertz CT molecular complexity index is 1300. The lowest BCUT2D eigenvalue weighted by molar-refractivity contribution is -0.120. The van der Waals surface area contributed by atoms with E-state index in [4.69, 9.17) is 27.9 Å². The molecule has 0 aliphatic carbocycles. The molecule has 190 valence electrons. The van der Waals surface area contributed by atoms with E-state index in [1.807, 2.05) is 6.07 Å². The van der Waals surface area contributed by atoms with E-state index in [1.54, 1.807) is 54.6 Å². The molecule has 36 heavy (non-hydrogen) atoms. The molecule has 1 fully saturated rings. The third kappa shape index (κ3) is 6.13. The van der Waals surface area contributed by atoms with Crippen molar-refractivity contribution in [3.63, 3.8) is 0 Å². The van der Waals surface area contributed by atoms with Gasteiger partial charge in [-0.1, -0.05) is 47.5 Å². The number of amides is 1. The summed E-state index contributed by atoms with van der Waals surface area (Å²) in [6.45, 7) is 1.15. The van der Waals surface area contributed by atoms with Crippen molar-refractivity contribution in [1.29, 1.82) is 0 Å². The van der Waals surface area contributed by atoms with Gasteiger partial charge in [0.15, 0.2) is 0 Å². The molecule has 3 aromatic rings. The van der Waals surface area contributed by atoms with E-state index in [1.165, 1.54) is 19.2 Å². The molecule has 0 bridgehead atoms. The SMILES string of the molecule is COc1ccc(N(CC(=O)NC(Cc2ccc(Cl)c(Cl)c2)C2CNC2)S(=O)(=O)c2ccccc2)cc1. The Labute approximate surface area is 221 Å². The third-order valence-electron chi connectivity index (χ3n) is 6.15. The van der Waals surface area contributed by atoms with Gasteiger partial charge in [0.25, 0.3) is 10.0 Å². The first kappa shape index (κ1) is 26.3. The van der Waals surface area contributed by atoms with Crippen molar-refractivity contribution in [3.05, 3.63) is 88.4 Å². The Kier molecular flexibility index (Phi) is 8.41. The molecule has 4 rings (SSSR count). The lowest BCUT2D eigenvalue weighted by Gasteiger charge is -2.36. The molecule has 1 atom stereocenters. The molecule has 0 saturated carbocycles. The number of carbonyl (C=O) groups is 1.